The number of tetrazole rings is 1. The Morgan fingerprint density at radius 3 is 2.60 bits per heavy atom. The summed E-state index contributed by atoms with van der Waals surface area (Å²) >= 11 is 0. The second kappa shape index (κ2) is 8.23. The number of nitrogens with zero attached hydrogens (tertiary/aromatic N) is 4. The first-order valence-corrected chi connectivity index (χ1v) is 9.29. The summed E-state index contributed by atoms with van der Waals surface area (Å²) in [6.07, 6.45) is 6.31. The standard InChI is InChI=1S/C19H27N5O/c1-14(2)15-8-10-16(11-9-15)19-21-23-24(22-19)13-12-18(25)20-17-6-4-3-5-7-17/h8-11,14,17H,3-7,12-13H2,1-2H3,(H,20,25). The van der Waals surface area contributed by atoms with E-state index in [1.54, 1.807) is 0 Å². The summed E-state index contributed by atoms with van der Waals surface area (Å²) in [7, 11) is 0. The molecule has 1 aliphatic carbocycles. The van der Waals surface area contributed by atoms with Gasteiger partial charge in [0.15, 0.2) is 0 Å². The third-order valence-corrected chi connectivity index (χ3v) is 4.80. The molecule has 1 amide bonds. The van der Waals surface area contributed by atoms with Gasteiger partial charge >= 0.3 is 0 Å². The lowest BCUT2D eigenvalue weighted by molar-refractivity contribution is -0.122. The molecular formula is C19H27N5O. The Kier molecular flexibility index (Phi) is 5.79. The number of aryl methyl sites for hydroxylation is 1. The van der Waals surface area contributed by atoms with Crippen molar-refractivity contribution in [3.8, 4) is 11.4 Å². The van der Waals surface area contributed by atoms with Crippen molar-refractivity contribution in [3.63, 3.8) is 0 Å². The van der Waals surface area contributed by atoms with Gasteiger partial charge in [-0.25, -0.2) is 0 Å². The molecule has 0 bridgehead atoms. The largest absolute Gasteiger partial charge is 0.353 e. The van der Waals surface area contributed by atoms with E-state index in [1.165, 1.54) is 29.6 Å². The maximum Gasteiger partial charge on any atom is 0.222 e. The van der Waals surface area contributed by atoms with E-state index in [0.29, 0.717) is 30.7 Å². The molecule has 1 aliphatic rings. The van der Waals surface area contributed by atoms with E-state index in [0.717, 1.165) is 18.4 Å². The third kappa shape index (κ3) is 4.87. The van der Waals surface area contributed by atoms with E-state index in [-0.39, 0.29) is 5.91 Å². The number of carbonyl (C=O) groups excluding carboxylic acids is 1. The second-order valence-corrected chi connectivity index (χ2v) is 7.14. The van der Waals surface area contributed by atoms with Gasteiger partial charge in [-0.3, -0.25) is 4.79 Å². The lowest BCUT2D eigenvalue weighted by Crippen LogP contribution is -2.36. The van der Waals surface area contributed by atoms with Crippen LogP contribution in [-0.2, 0) is 11.3 Å². The predicted molar refractivity (Wildman–Crippen MR) is 97.0 cm³/mol. The van der Waals surface area contributed by atoms with Gasteiger partial charge in [0, 0.05) is 18.0 Å². The van der Waals surface area contributed by atoms with Crippen molar-refractivity contribution < 1.29 is 4.79 Å². The molecule has 2 aromatic rings. The first-order chi connectivity index (χ1) is 12.1. The quantitative estimate of drug-likeness (QED) is 0.875. The first-order valence-electron chi connectivity index (χ1n) is 9.29. The summed E-state index contributed by atoms with van der Waals surface area (Å²) in [6.45, 7) is 4.79. The van der Waals surface area contributed by atoms with Crippen molar-refractivity contribution in [2.75, 3.05) is 0 Å². The lowest BCUT2D eigenvalue weighted by atomic mass is 9.95. The zero-order valence-corrected chi connectivity index (χ0v) is 15.1. The summed E-state index contributed by atoms with van der Waals surface area (Å²) < 4.78 is 0. The fourth-order valence-electron chi connectivity index (χ4n) is 3.22. The van der Waals surface area contributed by atoms with Gasteiger partial charge in [-0.15, -0.1) is 10.2 Å². The van der Waals surface area contributed by atoms with Crippen LogP contribution in [0.2, 0.25) is 0 Å². The number of hydrogen-bond acceptors (Lipinski definition) is 4. The van der Waals surface area contributed by atoms with Gasteiger partial charge in [0.2, 0.25) is 11.7 Å². The molecule has 134 valence electrons. The molecule has 0 atom stereocenters. The van der Waals surface area contributed by atoms with Gasteiger partial charge < -0.3 is 5.32 Å². The van der Waals surface area contributed by atoms with E-state index < -0.39 is 0 Å². The number of carbonyl (C=O) groups is 1. The molecule has 1 aromatic carbocycles. The highest BCUT2D eigenvalue weighted by Crippen LogP contribution is 2.19. The Labute approximate surface area is 149 Å². The van der Waals surface area contributed by atoms with Gasteiger partial charge in [0.1, 0.15) is 0 Å². The fourth-order valence-corrected chi connectivity index (χ4v) is 3.22. The number of hydrogen-bond donors (Lipinski definition) is 1. The van der Waals surface area contributed by atoms with Gasteiger partial charge in [0.25, 0.3) is 0 Å². The predicted octanol–water partition coefficient (Wildman–Crippen LogP) is 3.30. The zero-order valence-electron chi connectivity index (χ0n) is 15.1. The van der Waals surface area contributed by atoms with Crippen molar-refractivity contribution in [1.82, 2.24) is 25.5 Å². The van der Waals surface area contributed by atoms with E-state index >= 15 is 0 Å². The number of rotatable bonds is 6. The van der Waals surface area contributed by atoms with Crippen molar-refractivity contribution in [2.24, 2.45) is 0 Å². The van der Waals surface area contributed by atoms with Gasteiger partial charge in [-0.05, 0) is 29.5 Å². The molecule has 0 aliphatic heterocycles. The summed E-state index contributed by atoms with van der Waals surface area (Å²) in [5.41, 5.74) is 2.23. The van der Waals surface area contributed by atoms with Crippen molar-refractivity contribution >= 4 is 5.91 Å². The van der Waals surface area contributed by atoms with Crippen molar-refractivity contribution in [1.29, 1.82) is 0 Å². The van der Waals surface area contributed by atoms with Crippen LogP contribution >= 0.6 is 0 Å². The molecule has 6 heteroatoms. The molecule has 1 fully saturated rings. The minimum atomic E-state index is 0.0760. The number of benzene rings is 1. The Bertz CT molecular complexity index is 686. The topological polar surface area (TPSA) is 72.7 Å². The van der Waals surface area contributed by atoms with E-state index in [1.807, 2.05) is 12.1 Å². The molecule has 1 N–H and O–H groups in total. The monoisotopic (exact) mass is 341 g/mol. The molecule has 6 nitrogen and oxygen atoms in total. The summed E-state index contributed by atoms with van der Waals surface area (Å²) in [4.78, 5) is 13.6. The van der Waals surface area contributed by atoms with Gasteiger partial charge in [-0.1, -0.05) is 57.4 Å². The molecule has 0 spiro atoms. The molecule has 1 heterocycles. The van der Waals surface area contributed by atoms with E-state index in [4.69, 9.17) is 0 Å². The Hall–Kier alpha value is -2.24. The Balaban J connectivity index is 1.51. The highest BCUT2D eigenvalue weighted by atomic mass is 16.1. The van der Waals surface area contributed by atoms with Crippen LogP contribution in [-0.4, -0.2) is 32.2 Å². The van der Waals surface area contributed by atoms with Crippen molar-refractivity contribution in [2.45, 2.75) is 70.9 Å². The lowest BCUT2D eigenvalue weighted by Gasteiger charge is -2.22. The van der Waals surface area contributed by atoms with Crippen LogP contribution in [0.3, 0.4) is 0 Å². The normalized spacial score (nSPS) is 15.5. The summed E-state index contributed by atoms with van der Waals surface area (Å²) in [5, 5.41) is 15.7. The van der Waals surface area contributed by atoms with E-state index in [2.05, 4.69) is 46.7 Å². The maximum atomic E-state index is 12.1. The smallest absolute Gasteiger partial charge is 0.222 e. The zero-order chi connectivity index (χ0) is 17.6. The molecule has 25 heavy (non-hydrogen) atoms. The Morgan fingerprint density at radius 1 is 1.20 bits per heavy atom. The van der Waals surface area contributed by atoms with Crippen LogP contribution in [0.5, 0.6) is 0 Å². The van der Waals surface area contributed by atoms with Crippen molar-refractivity contribution in [3.05, 3.63) is 29.8 Å². The summed E-state index contributed by atoms with van der Waals surface area (Å²) in [6, 6.07) is 8.58. The summed E-state index contributed by atoms with van der Waals surface area (Å²) in [5.74, 6) is 1.18. The molecule has 1 saturated carbocycles. The highest BCUT2D eigenvalue weighted by Gasteiger charge is 2.16. The second-order valence-electron chi connectivity index (χ2n) is 7.14. The van der Waals surface area contributed by atoms with Crippen LogP contribution in [0.25, 0.3) is 11.4 Å². The minimum absolute atomic E-state index is 0.0760. The number of amides is 1. The molecule has 0 unspecified atom stereocenters. The van der Waals surface area contributed by atoms with Crippen LogP contribution in [0.1, 0.15) is 63.9 Å². The minimum Gasteiger partial charge on any atom is -0.353 e. The average Bonchev–Trinajstić information content (AvgIpc) is 3.10. The van der Waals surface area contributed by atoms with E-state index in [9.17, 15) is 4.79 Å². The molecule has 3 rings (SSSR count). The molecule has 0 radical (unpaired) electrons. The van der Waals surface area contributed by atoms with Gasteiger partial charge in [0.05, 0.1) is 6.54 Å². The van der Waals surface area contributed by atoms with Crippen LogP contribution in [0.4, 0.5) is 0 Å². The Morgan fingerprint density at radius 2 is 1.92 bits per heavy atom. The van der Waals surface area contributed by atoms with Gasteiger partial charge in [-0.2, -0.15) is 4.80 Å². The van der Waals surface area contributed by atoms with Crippen LogP contribution in [0, 0.1) is 0 Å². The SMILES string of the molecule is CC(C)c1ccc(-c2nnn(CCC(=O)NC3CCCCC3)n2)cc1. The molecular weight excluding hydrogens is 314 g/mol. The maximum absolute atomic E-state index is 12.1. The average molecular weight is 341 g/mol. The van der Waals surface area contributed by atoms with Crippen LogP contribution < -0.4 is 5.32 Å². The fraction of sp³-hybridized carbons (Fsp3) is 0.579. The number of nitrogens with one attached hydrogen (secondary N) is 1. The first kappa shape index (κ1) is 17.6. The number of aromatic nitrogens is 4. The highest BCUT2D eigenvalue weighted by molar-refractivity contribution is 5.76. The van der Waals surface area contributed by atoms with Crippen LogP contribution in [0.15, 0.2) is 24.3 Å². The molecule has 0 saturated heterocycles. The molecule has 1 aromatic heterocycles. The third-order valence-electron chi connectivity index (χ3n) is 4.80.